The highest BCUT2D eigenvalue weighted by molar-refractivity contribution is 5.88. The number of aromatic carboxylic acids is 1. The summed E-state index contributed by atoms with van der Waals surface area (Å²) >= 11 is 0. The molecule has 0 aliphatic carbocycles. The normalized spacial score (nSPS) is 24.6. The van der Waals surface area contributed by atoms with Crippen LogP contribution >= 0.6 is 0 Å². The molecule has 0 radical (unpaired) electrons. The van der Waals surface area contributed by atoms with Crippen molar-refractivity contribution in [3.8, 4) is 23.0 Å². The highest BCUT2D eigenvalue weighted by Gasteiger charge is 2.45. The molecule has 1 heterocycles. The Hall–Kier alpha value is -3.84. The monoisotopic (exact) mass is 478 g/mol. The van der Waals surface area contributed by atoms with Crippen molar-refractivity contribution in [2.75, 3.05) is 6.61 Å². The molecule has 0 saturated carbocycles. The zero-order chi connectivity index (χ0) is 25.0. The quantitative estimate of drug-likeness (QED) is 0.159. The molecule has 1 fully saturated rings. The first-order valence-corrected chi connectivity index (χ1v) is 9.86. The smallest absolute Gasteiger partial charge is 0.335 e. The van der Waals surface area contributed by atoms with Crippen LogP contribution in [0.2, 0.25) is 0 Å². The summed E-state index contributed by atoms with van der Waals surface area (Å²) in [4.78, 5) is 23.0. The Morgan fingerprint density at radius 2 is 1.65 bits per heavy atom. The number of hydrogen-bond acceptors (Lipinski definition) is 11. The van der Waals surface area contributed by atoms with Gasteiger partial charge in [0.1, 0.15) is 31.0 Å². The van der Waals surface area contributed by atoms with Crippen LogP contribution in [0.1, 0.15) is 15.9 Å². The number of aliphatic hydroxyl groups is 3. The Morgan fingerprint density at radius 3 is 2.29 bits per heavy atom. The standard InChI is InChI=1S/C22H22O12/c23-12-4-1-10(7-13(12)24)2-6-17(26)32-9-16-18(27)19(28)20(29)22(34-16)33-15-5-3-11(21(30)31)8-14(15)25/h1-8,16,18-20,22-25,27-29H,9H2,(H,30,31)/b6-2-/t16-,18-,19+,20-,22+/m1/s1. The van der Waals surface area contributed by atoms with Crippen molar-refractivity contribution in [1.82, 2.24) is 0 Å². The van der Waals surface area contributed by atoms with E-state index in [-0.39, 0.29) is 22.8 Å². The van der Waals surface area contributed by atoms with E-state index in [1.165, 1.54) is 24.3 Å². The third-order valence-electron chi connectivity index (χ3n) is 4.92. The Balaban J connectivity index is 1.63. The second-order valence-corrected chi connectivity index (χ2v) is 7.33. The lowest BCUT2D eigenvalue weighted by molar-refractivity contribution is -0.278. The van der Waals surface area contributed by atoms with Gasteiger partial charge in [0.05, 0.1) is 5.56 Å². The minimum Gasteiger partial charge on any atom is -0.504 e. The fraction of sp³-hybridized carbons (Fsp3) is 0.273. The molecule has 1 aliphatic heterocycles. The first-order chi connectivity index (χ1) is 16.1. The number of rotatable bonds is 7. The lowest BCUT2D eigenvalue weighted by Crippen LogP contribution is -2.60. The number of carboxylic acids is 1. The zero-order valence-corrected chi connectivity index (χ0v) is 17.4. The van der Waals surface area contributed by atoms with Crippen molar-refractivity contribution in [3.05, 3.63) is 53.6 Å². The number of carbonyl (C=O) groups excluding carboxylic acids is 1. The molecular weight excluding hydrogens is 456 g/mol. The van der Waals surface area contributed by atoms with Crippen LogP contribution in [0.25, 0.3) is 6.08 Å². The van der Waals surface area contributed by atoms with Crippen molar-refractivity contribution in [2.45, 2.75) is 30.7 Å². The summed E-state index contributed by atoms with van der Waals surface area (Å²) in [6.07, 6.45) is -5.75. The molecule has 7 N–H and O–H groups in total. The van der Waals surface area contributed by atoms with Crippen LogP contribution < -0.4 is 4.74 Å². The summed E-state index contributed by atoms with van der Waals surface area (Å²) in [5.74, 6) is -3.67. The van der Waals surface area contributed by atoms with Crippen molar-refractivity contribution < 1.29 is 59.5 Å². The van der Waals surface area contributed by atoms with Gasteiger partial charge in [-0.25, -0.2) is 9.59 Å². The van der Waals surface area contributed by atoms with Crippen molar-refractivity contribution in [1.29, 1.82) is 0 Å². The van der Waals surface area contributed by atoms with E-state index in [0.717, 1.165) is 24.3 Å². The fourth-order valence-corrected chi connectivity index (χ4v) is 3.05. The van der Waals surface area contributed by atoms with Gasteiger partial charge in [-0.1, -0.05) is 6.07 Å². The average molecular weight is 478 g/mol. The molecule has 1 saturated heterocycles. The highest BCUT2D eigenvalue weighted by atomic mass is 16.7. The van der Waals surface area contributed by atoms with E-state index < -0.39 is 55.0 Å². The van der Waals surface area contributed by atoms with Crippen LogP contribution in [0.5, 0.6) is 23.0 Å². The predicted molar refractivity (Wildman–Crippen MR) is 112 cm³/mol. The molecule has 0 aromatic heterocycles. The number of carbonyl (C=O) groups is 2. The molecule has 2 aromatic rings. The number of carboxylic acid groups (broad SMARTS) is 1. The molecule has 2 aromatic carbocycles. The summed E-state index contributed by atoms with van der Waals surface area (Å²) in [5.41, 5.74) is 0.174. The van der Waals surface area contributed by atoms with E-state index in [2.05, 4.69) is 0 Å². The maximum Gasteiger partial charge on any atom is 0.335 e. The number of phenolic OH excluding ortho intramolecular Hbond substituents is 3. The lowest BCUT2D eigenvalue weighted by Gasteiger charge is -2.39. The lowest BCUT2D eigenvalue weighted by atomic mass is 9.99. The van der Waals surface area contributed by atoms with Crippen LogP contribution in [-0.4, -0.2) is 85.0 Å². The van der Waals surface area contributed by atoms with Gasteiger partial charge in [-0.3, -0.25) is 0 Å². The Bertz CT molecular complexity index is 1080. The van der Waals surface area contributed by atoms with Crippen molar-refractivity contribution >= 4 is 18.0 Å². The summed E-state index contributed by atoms with van der Waals surface area (Å²) in [5, 5.41) is 68.1. The van der Waals surface area contributed by atoms with Gasteiger partial charge in [0.25, 0.3) is 0 Å². The van der Waals surface area contributed by atoms with Crippen LogP contribution in [0, 0.1) is 0 Å². The minimum atomic E-state index is -1.75. The molecule has 34 heavy (non-hydrogen) atoms. The predicted octanol–water partition coefficient (Wildman–Crippen LogP) is -0.0554. The molecule has 0 unspecified atom stereocenters. The van der Waals surface area contributed by atoms with Crippen molar-refractivity contribution in [2.24, 2.45) is 0 Å². The average Bonchev–Trinajstić information content (AvgIpc) is 2.80. The first kappa shape index (κ1) is 24.8. The SMILES string of the molecule is O=C(/C=C\c1ccc(O)c(O)c1)OC[C@H]1O[C@H](Oc2ccc(C(=O)O)cc2O)[C@H](O)[C@@H](O)[C@@H]1O. The molecule has 12 nitrogen and oxygen atoms in total. The third-order valence-corrected chi connectivity index (χ3v) is 4.92. The van der Waals surface area contributed by atoms with Crippen LogP contribution in [0.15, 0.2) is 42.5 Å². The third kappa shape index (κ3) is 5.74. The van der Waals surface area contributed by atoms with Gasteiger partial charge in [0.15, 0.2) is 23.0 Å². The van der Waals surface area contributed by atoms with E-state index in [0.29, 0.717) is 5.56 Å². The number of aliphatic hydroxyl groups excluding tert-OH is 3. The van der Waals surface area contributed by atoms with Crippen molar-refractivity contribution in [3.63, 3.8) is 0 Å². The molecule has 0 amide bonds. The molecule has 182 valence electrons. The van der Waals surface area contributed by atoms with Gasteiger partial charge in [-0.05, 0) is 42.0 Å². The number of phenols is 3. The fourth-order valence-electron chi connectivity index (χ4n) is 3.05. The Morgan fingerprint density at radius 1 is 0.912 bits per heavy atom. The van der Waals surface area contributed by atoms with Crippen LogP contribution in [0.4, 0.5) is 0 Å². The summed E-state index contributed by atoms with van der Waals surface area (Å²) in [6, 6.07) is 7.05. The van der Waals surface area contributed by atoms with E-state index in [9.17, 15) is 40.2 Å². The Kier molecular flexibility index (Phi) is 7.58. The number of esters is 1. The number of ether oxygens (including phenoxy) is 3. The molecule has 3 rings (SSSR count). The number of aromatic hydroxyl groups is 3. The topological polar surface area (TPSA) is 203 Å². The molecule has 1 aliphatic rings. The molecule has 0 spiro atoms. The van der Waals surface area contributed by atoms with E-state index in [1.54, 1.807) is 0 Å². The zero-order valence-electron chi connectivity index (χ0n) is 17.4. The maximum atomic E-state index is 12.0. The van der Waals surface area contributed by atoms with Gasteiger partial charge in [-0.15, -0.1) is 0 Å². The summed E-state index contributed by atoms with van der Waals surface area (Å²) in [7, 11) is 0. The number of hydrogen-bond donors (Lipinski definition) is 7. The van der Waals surface area contributed by atoms with Gasteiger partial charge in [0, 0.05) is 6.08 Å². The van der Waals surface area contributed by atoms with Gasteiger partial charge >= 0.3 is 11.9 Å². The van der Waals surface area contributed by atoms with Crippen LogP contribution in [0.3, 0.4) is 0 Å². The summed E-state index contributed by atoms with van der Waals surface area (Å²) < 4.78 is 15.7. The second kappa shape index (κ2) is 10.4. The van der Waals surface area contributed by atoms with Crippen LogP contribution in [-0.2, 0) is 14.3 Å². The second-order valence-electron chi connectivity index (χ2n) is 7.33. The highest BCUT2D eigenvalue weighted by Crippen LogP contribution is 2.31. The van der Waals surface area contributed by atoms with E-state index >= 15 is 0 Å². The molecular formula is C22H22O12. The van der Waals surface area contributed by atoms with E-state index in [4.69, 9.17) is 19.3 Å². The van der Waals surface area contributed by atoms with Gasteiger partial charge in [0.2, 0.25) is 6.29 Å². The molecule has 12 heteroatoms. The summed E-state index contributed by atoms with van der Waals surface area (Å²) in [6.45, 7) is -0.543. The largest absolute Gasteiger partial charge is 0.504 e. The Labute approximate surface area is 192 Å². The molecule has 0 bridgehead atoms. The minimum absolute atomic E-state index is 0.217. The molecule has 5 atom stereocenters. The van der Waals surface area contributed by atoms with Gasteiger partial charge in [-0.2, -0.15) is 0 Å². The maximum absolute atomic E-state index is 12.0. The first-order valence-electron chi connectivity index (χ1n) is 9.86. The number of benzene rings is 2. The van der Waals surface area contributed by atoms with Gasteiger partial charge < -0.3 is 50.0 Å². The van der Waals surface area contributed by atoms with E-state index in [1.807, 2.05) is 0 Å².